The van der Waals surface area contributed by atoms with Gasteiger partial charge in [0.1, 0.15) is 23.9 Å². The number of aliphatic carboxylic acids is 1. The summed E-state index contributed by atoms with van der Waals surface area (Å²) in [6.45, 7) is 5.27. The van der Waals surface area contributed by atoms with Gasteiger partial charge in [-0.05, 0) is 32.6 Å². The molecule has 14 atom stereocenters. The summed E-state index contributed by atoms with van der Waals surface area (Å²) in [4.78, 5) is 38.2. The highest BCUT2D eigenvalue weighted by molar-refractivity contribution is 5.80. The third-order valence-corrected chi connectivity index (χ3v) is 10.2. The number of aliphatic hydroxyl groups is 6. The molecule has 0 unspecified atom stereocenters. The van der Waals surface area contributed by atoms with Gasteiger partial charge in [0.25, 0.3) is 0 Å². The van der Waals surface area contributed by atoms with Gasteiger partial charge in [-0.1, -0.05) is 68.9 Å². The van der Waals surface area contributed by atoms with E-state index in [1.807, 2.05) is 13.0 Å². The summed E-state index contributed by atoms with van der Waals surface area (Å²) in [5, 5.41) is 75.1. The molecule has 0 radical (unpaired) electrons. The van der Waals surface area contributed by atoms with E-state index in [-0.39, 0.29) is 44.3 Å². The standard InChI is InChI=1S/C39H61NO14/c1-4-14-26-17-11-9-7-6-8-10-12-18-27(53-38-35(46)33(40)34(45)23(3)51-38)20-31-32(36(47)48)30(44)22-39(50,54-31)21-25(42)16-13-15-24(41)19-29(43)28(5-2)37(49)52-26/h6-12,18,23,25-35,38,42-46,50H,4-5,13-17,19-22,40H2,1-3H3,(H,47,48)/t23-,25+,26-,27+,28+,29-,30+,31+,32-,33+,34-,35+,38+,39-/m1/s1. The van der Waals surface area contributed by atoms with E-state index in [0.29, 0.717) is 12.8 Å². The number of aliphatic hydroxyl groups excluding tert-OH is 5. The van der Waals surface area contributed by atoms with E-state index in [0.717, 1.165) is 6.42 Å². The number of esters is 1. The van der Waals surface area contributed by atoms with Crippen molar-refractivity contribution in [1.29, 1.82) is 0 Å². The van der Waals surface area contributed by atoms with E-state index >= 15 is 0 Å². The van der Waals surface area contributed by atoms with E-state index < -0.39 is 110 Å². The molecule has 54 heavy (non-hydrogen) atoms. The van der Waals surface area contributed by atoms with E-state index in [1.54, 1.807) is 56.4 Å². The Kier molecular flexibility index (Phi) is 18.6. The second-order valence-electron chi connectivity index (χ2n) is 14.7. The summed E-state index contributed by atoms with van der Waals surface area (Å²) in [5.41, 5.74) is 6.00. The SMILES string of the molecule is CCC[C@@H]1CC=CC=CC=CC=C[C@H](O[C@@H]2O[C@H](C)[C@@H](O)[C@H](N)[C@@H]2O)C[C@@H]2O[C@](O)(C[C@@H](O)CCCC(=O)C[C@@H](O)[C@H](CC)C(=O)O1)C[C@H](O)[C@H]2C(=O)O. The first-order valence-corrected chi connectivity index (χ1v) is 19.1. The minimum atomic E-state index is -2.15. The van der Waals surface area contributed by atoms with Gasteiger partial charge in [0.15, 0.2) is 12.1 Å². The number of carbonyl (C=O) groups is 3. The Hall–Kier alpha value is -2.83. The zero-order chi connectivity index (χ0) is 40.0. The monoisotopic (exact) mass is 767 g/mol. The minimum absolute atomic E-state index is 0.0177. The molecule has 0 aromatic carbocycles. The fourth-order valence-corrected chi connectivity index (χ4v) is 7.15. The second-order valence-corrected chi connectivity index (χ2v) is 14.7. The number of ether oxygens (including phenoxy) is 4. The Balaban J connectivity index is 1.90. The van der Waals surface area contributed by atoms with Crippen molar-refractivity contribution in [2.75, 3.05) is 0 Å². The maximum Gasteiger partial charge on any atom is 0.311 e. The van der Waals surface area contributed by atoms with Crippen molar-refractivity contribution in [3.05, 3.63) is 48.6 Å². The lowest BCUT2D eigenvalue weighted by molar-refractivity contribution is -0.308. The van der Waals surface area contributed by atoms with Crippen molar-refractivity contribution in [2.24, 2.45) is 17.6 Å². The number of cyclic esters (lactones) is 1. The van der Waals surface area contributed by atoms with Crippen molar-refractivity contribution in [3.8, 4) is 0 Å². The van der Waals surface area contributed by atoms with E-state index in [4.69, 9.17) is 24.7 Å². The number of carboxylic acid groups (broad SMARTS) is 1. The predicted octanol–water partition coefficient (Wildman–Crippen LogP) is 1.70. The summed E-state index contributed by atoms with van der Waals surface area (Å²) in [6.07, 6.45) is 2.99. The van der Waals surface area contributed by atoms with Gasteiger partial charge in [-0.15, -0.1) is 0 Å². The molecule has 0 aliphatic carbocycles. The summed E-state index contributed by atoms with van der Waals surface area (Å²) in [5.74, 6) is -6.81. The van der Waals surface area contributed by atoms with Gasteiger partial charge in [0, 0.05) is 38.5 Å². The number of rotatable bonds is 6. The number of carbonyl (C=O) groups excluding carboxylic acids is 2. The first kappa shape index (κ1) is 45.6. The highest BCUT2D eigenvalue weighted by Gasteiger charge is 2.50. The van der Waals surface area contributed by atoms with Gasteiger partial charge in [-0.25, -0.2) is 0 Å². The van der Waals surface area contributed by atoms with Crippen LogP contribution in [0.1, 0.15) is 91.4 Å². The number of allylic oxidation sites excluding steroid dienone is 6. The quantitative estimate of drug-likeness (QED) is 0.179. The smallest absolute Gasteiger partial charge is 0.311 e. The van der Waals surface area contributed by atoms with Crippen molar-refractivity contribution in [2.45, 2.75) is 164 Å². The van der Waals surface area contributed by atoms with Crippen LogP contribution in [0.5, 0.6) is 0 Å². The Morgan fingerprint density at radius 1 is 0.981 bits per heavy atom. The van der Waals surface area contributed by atoms with Crippen LogP contribution in [0, 0.1) is 11.8 Å². The topological polar surface area (TPSA) is 256 Å². The number of nitrogens with two attached hydrogens (primary N) is 1. The molecule has 2 saturated heterocycles. The van der Waals surface area contributed by atoms with Crippen LogP contribution in [-0.4, -0.2) is 127 Å². The number of hydrogen-bond acceptors (Lipinski definition) is 14. The molecule has 0 saturated carbocycles. The number of ketones is 1. The Labute approximate surface area is 317 Å². The van der Waals surface area contributed by atoms with Gasteiger partial charge in [-0.3, -0.25) is 14.4 Å². The van der Waals surface area contributed by atoms with Gasteiger partial charge in [0.2, 0.25) is 0 Å². The first-order chi connectivity index (χ1) is 25.6. The van der Waals surface area contributed by atoms with Gasteiger partial charge in [-0.2, -0.15) is 0 Å². The molecule has 2 fully saturated rings. The first-order valence-electron chi connectivity index (χ1n) is 19.1. The summed E-state index contributed by atoms with van der Waals surface area (Å²) >= 11 is 0. The van der Waals surface area contributed by atoms with E-state index in [9.17, 15) is 50.1 Å². The molecule has 306 valence electrons. The van der Waals surface area contributed by atoms with Gasteiger partial charge >= 0.3 is 11.9 Å². The largest absolute Gasteiger partial charge is 0.481 e. The van der Waals surface area contributed by atoms with Crippen LogP contribution in [-0.2, 0) is 33.3 Å². The van der Waals surface area contributed by atoms with Gasteiger partial charge in [0.05, 0.1) is 54.7 Å². The minimum Gasteiger partial charge on any atom is -0.481 e. The van der Waals surface area contributed by atoms with Crippen LogP contribution < -0.4 is 5.73 Å². The highest BCUT2D eigenvalue weighted by Crippen LogP contribution is 2.38. The molecular weight excluding hydrogens is 706 g/mol. The zero-order valence-corrected chi connectivity index (χ0v) is 31.5. The van der Waals surface area contributed by atoms with Gasteiger partial charge < -0.3 is 60.4 Å². The Morgan fingerprint density at radius 3 is 2.33 bits per heavy atom. The van der Waals surface area contributed by atoms with Crippen LogP contribution in [0.15, 0.2) is 48.6 Å². The molecule has 0 spiro atoms. The normalized spacial score (nSPS) is 39.9. The number of Topliss-reactive ketones (excluding diaryl/α,β-unsaturated/α-hetero) is 1. The molecule has 3 rings (SSSR count). The molecule has 3 heterocycles. The molecular formula is C39H61NO14. The van der Waals surface area contributed by atoms with Crippen molar-refractivity contribution in [3.63, 3.8) is 0 Å². The lowest BCUT2D eigenvalue weighted by atomic mass is 9.83. The molecule has 15 heteroatoms. The maximum absolute atomic E-state index is 13.0. The molecule has 0 amide bonds. The molecule has 15 nitrogen and oxygen atoms in total. The van der Waals surface area contributed by atoms with E-state index in [2.05, 4.69) is 0 Å². The summed E-state index contributed by atoms with van der Waals surface area (Å²) in [6, 6.07) is -1.10. The zero-order valence-electron chi connectivity index (χ0n) is 31.5. The predicted molar refractivity (Wildman–Crippen MR) is 195 cm³/mol. The second kappa shape index (κ2) is 22.0. The van der Waals surface area contributed by atoms with Crippen LogP contribution in [0.2, 0.25) is 0 Å². The summed E-state index contributed by atoms with van der Waals surface area (Å²) in [7, 11) is 0. The van der Waals surface area contributed by atoms with Crippen LogP contribution in [0.25, 0.3) is 0 Å². The lowest BCUT2D eigenvalue weighted by Gasteiger charge is -2.45. The fourth-order valence-electron chi connectivity index (χ4n) is 7.15. The Bertz CT molecular complexity index is 1320. The Morgan fingerprint density at radius 2 is 1.67 bits per heavy atom. The lowest BCUT2D eigenvalue weighted by Crippen LogP contribution is -2.61. The molecule has 0 aromatic heterocycles. The third kappa shape index (κ3) is 13.7. The molecule has 3 aliphatic heterocycles. The molecule has 2 bridgehead atoms. The average Bonchev–Trinajstić information content (AvgIpc) is 3.08. The third-order valence-electron chi connectivity index (χ3n) is 10.2. The van der Waals surface area contributed by atoms with Crippen molar-refractivity contribution in [1.82, 2.24) is 0 Å². The van der Waals surface area contributed by atoms with E-state index in [1.165, 1.54) is 0 Å². The van der Waals surface area contributed by atoms with Crippen molar-refractivity contribution >= 4 is 17.7 Å². The van der Waals surface area contributed by atoms with Crippen LogP contribution in [0.3, 0.4) is 0 Å². The molecule has 9 N–H and O–H groups in total. The highest BCUT2D eigenvalue weighted by atomic mass is 16.7. The number of fused-ring (bicyclic) bond motifs is 2. The van der Waals surface area contributed by atoms with Crippen LogP contribution in [0.4, 0.5) is 0 Å². The number of carboxylic acids is 1. The maximum atomic E-state index is 13.0. The van der Waals surface area contributed by atoms with Crippen LogP contribution >= 0.6 is 0 Å². The molecule has 0 aromatic rings. The fraction of sp³-hybridized carbons (Fsp3) is 0.718. The average molecular weight is 768 g/mol. The van der Waals surface area contributed by atoms with Crippen molar-refractivity contribution < 1.29 is 69.1 Å². The summed E-state index contributed by atoms with van der Waals surface area (Å²) < 4.78 is 23.4. The molecule has 3 aliphatic rings. The number of hydrogen-bond donors (Lipinski definition) is 8.